The first kappa shape index (κ1) is 12.1. The molecule has 0 saturated carbocycles. The van der Waals surface area contributed by atoms with E-state index in [4.69, 9.17) is 5.26 Å². The van der Waals surface area contributed by atoms with Gasteiger partial charge < -0.3 is 0 Å². The van der Waals surface area contributed by atoms with Crippen molar-refractivity contribution >= 4 is 0 Å². The van der Waals surface area contributed by atoms with Crippen molar-refractivity contribution in [1.29, 1.82) is 5.26 Å². The third-order valence-corrected chi connectivity index (χ3v) is 1.96. The molecule has 0 fully saturated rings. The number of rotatable bonds is 0. The second-order valence-electron chi connectivity index (χ2n) is 3.16. The first-order chi connectivity index (χ1) is 7.45. The van der Waals surface area contributed by atoms with Crippen molar-refractivity contribution in [3.05, 3.63) is 34.9 Å². The van der Waals surface area contributed by atoms with E-state index in [0.717, 1.165) is 12.1 Å². The molecule has 0 aromatic heterocycles. The van der Waals surface area contributed by atoms with E-state index in [1.54, 1.807) is 13.0 Å². The highest BCUT2D eigenvalue weighted by atomic mass is 19.4. The fourth-order valence-corrected chi connectivity index (χ4v) is 1.11. The van der Waals surface area contributed by atoms with Crippen LogP contribution in [-0.4, -0.2) is 0 Å². The second kappa shape index (κ2) is 4.72. The molecule has 0 saturated heterocycles. The molecule has 1 aromatic carbocycles. The maximum Gasteiger partial charge on any atom is 0.416 e. The molecule has 0 bridgehead atoms. The van der Waals surface area contributed by atoms with E-state index in [1.165, 1.54) is 6.07 Å². The number of hydrogen-bond acceptors (Lipinski definition) is 1. The van der Waals surface area contributed by atoms with E-state index in [9.17, 15) is 13.2 Å². The van der Waals surface area contributed by atoms with Gasteiger partial charge in [0.25, 0.3) is 0 Å². The Kier molecular flexibility index (Phi) is 3.58. The normalized spacial score (nSPS) is 10.2. The molecule has 0 unspecified atom stereocenters. The van der Waals surface area contributed by atoms with Gasteiger partial charge in [0.2, 0.25) is 0 Å². The van der Waals surface area contributed by atoms with Gasteiger partial charge in [-0.25, -0.2) is 0 Å². The van der Waals surface area contributed by atoms with Crippen LogP contribution in [0.25, 0.3) is 0 Å². The zero-order valence-corrected chi connectivity index (χ0v) is 8.52. The number of halogens is 3. The van der Waals surface area contributed by atoms with Gasteiger partial charge in [-0.05, 0) is 24.6 Å². The lowest BCUT2D eigenvalue weighted by atomic mass is 10.0. The Morgan fingerprint density at radius 3 is 2.56 bits per heavy atom. The average Bonchev–Trinajstić information content (AvgIpc) is 2.19. The Morgan fingerprint density at radius 1 is 1.31 bits per heavy atom. The smallest absolute Gasteiger partial charge is 0.197 e. The van der Waals surface area contributed by atoms with Gasteiger partial charge in [-0.3, -0.25) is 0 Å². The minimum atomic E-state index is -4.36. The van der Waals surface area contributed by atoms with Crippen LogP contribution in [-0.2, 0) is 6.18 Å². The SMILES string of the molecule is Cc1ccc(C(F)(F)F)cc1C#CCC#N. The molecule has 82 valence electrons. The summed E-state index contributed by atoms with van der Waals surface area (Å²) < 4.78 is 37.2. The largest absolute Gasteiger partial charge is 0.416 e. The highest BCUT2D eigenvalue weighted by Crippen LogP contribution is 2.30. The molecule has 1 aromatic rings. The summed E-state index contributed by atoms with van der Waals surface area (Å²) in [6.45, 7) is 1.68. The van der Waals surface area contributed by atoms with Crippen LogP contribution < -0.4 is 0 Å². The van der Waals surface area contributed by atoms with Crippen molar-refractivity contribution in [2.75, 3.05) is 0 Å². The third kappa shape index (κ3) is 3.03. The predicted octanol–water partition coefficient (Wildman–Crippen LogP) is 3.28. The van der Waals surface area contributed by atoms with Crippen LogP contribution in [0.2, 0.25) is 0 Å². The minimum absolute atomic E-state index is 0.00961. The molecule has 4 heteroatoms. The lowest BCUT2D eigenvalue weighted by Crippen LogP contribution is -2.05. The Balaban J connectivity index is 3.12. The van der Waals surface area contributed by atoms with E-state index < -0.39 is 11.7 Å². The summed E-state index contributed by atoms with van der Waals surface area (Å²) in [6, 6.07) is 5.20. The van der Waals surface area contributed by atoms with Crippen LogP contribution in [0.5, 0.6) is 0 Å². The third-order valence-electron chi connectivity index (χ3n) is 1.96. The van der Waals surface area contributed by atoms with E-state index in [1.807, 2.05) is 0 Å². The number of alkyl halides is 3. The first-order valence-electron chi connectivity index (χ1n) is 4.49. The van der Waals surface area contributed by atoms with E-state index >= 15 is 0 Å². The summed E-state index contributed by atoms with van der Waals surface area (Å²) >= 11 is 0. The van der Waals surface area contributed by atoms with Gasteiger partial charge in [0.1, 0.15) is 0 Å². The summed E-state index contributed by atoms with van der Waals surface area (Å²) in [5.41, 5.74) is 0.253. The van der Waals surface area contributed by atoms with Gasteiger partial charge in [-0.2, -0.15) is 18.4 Å². The Hall–Kier alpha value is -1.94. The van der Waals surface area contributed by atoms with Crippen LogP contribution >= 0.6 is 0 Å². The molecule has 1 rings (SSSR count). The zero-order chi connectivity index (χ0) is 12.2. The quantitative estimate of drug-likeness (QED) is 0.619. The van der Waals surface area contributed by atoms with Crippen LogP contribution in [0.15, 0.2) is 18.2 Å². The summed E-state index contributed by atoms with van der Waals surface area (Å²) in [6.07, 6.45) is -4.35. The zero-order valence-electron chi connectivity index (χ0n) is 8.52. The van der Waals surface area contributed by atoms with Gasteiger partial charge in [-0.15, -0.1) is 0 Å². The number of hydrogen-bond donors (Lipinski definition) is 0. The molecule has 0 heterocycles. The highest BCUT2D eigenvalue weighted by molar-refractivity contribution is 5.44. The molecular formula is C12H8F3N. The Labute approximate surface area is 91.5 Å². The minimum Gasteiger partial charge on any atom is -0.197 e. The molecule has 0 aliphatic heterocycles. The number of nitrogens with zero attached hydrogens (tertiary/aromatic N) is 1. The standard InChI is InChI=1S/C12H8F3N/c1-9-5-6-11(12(13,14)15)8-10(9)4-2-3-7-16/h5-6,8H,3H2,1H3. The number of nitriles is 1. The van der Waals surface area contributed by atoms with Crippen molar-refractivity contribution in [1.82, 2.24) is 0 Å². The fourth-order valence-electron chi connectivity index (χ4n) is 1.11. The van der Waals surface area contributed by atoms with Crippen molar-refractivity contribution in [3.63, 3.8) is 0 Å². The van der Waals surface area contributed by atoms with Gasteiger partial charge in [-0.1, -0.05) is 17.9 Å². The monoisotopic (exact) mass is 223 g/mol. The Morgan fingerprint density at radius 2 is 2.00 bits per heavy atom. The van der Waals surface area contributed by atoms with E-state index in [0.29, 0.717) is 11.1 Å². The summed E-state index contributed by atoms with van der Waals surface area (Å²) in [4.78, 5) is 0. The molecule has 0 spiro atoms. The molecule has 16 heavy (non-hydrogen) atoms. The molecule has 1 nitrogen and oxygen atoms in total. The fraction of sp³-hybridized carbons (Fsp3) is 0.250. The molecular weight excluding hydrogens is 215 g/mol. The molecule has 0 radical (unpaired) electrons. The lowest BCUT2D eigenvalue weighted by molar-refractivity contribution is -0.137. The molecule has 0 amide bonds. The summed E-state index contributed by atoms with van der Waals surface area (Å²) in [7, 11) is 0. The van der Waals surface area contributed by atoms with Crippen molar-refractivity contribution < 1.29 is 13.2 Å². The van der Waals surface area contributed by atoms with Gasteiger partial charge in [0, 0.05) is 5.56 Å². The van der Waals surface area contributed by atoms with E-state index in [2.05, 4.69) is 11.8 Å². The van der Waals surface area contributed by atoms with Gasteiger partial charge >= 0.3 is 6.18 Å². The van der Waals surface area contributed by atoms with Crippen LogP contribution in [0, 0.1) is 30.1 Å². The Bertz CT molecular complexity index is 484. The summed E-state index contributed by atoms with van der Waals surface area (Å²) in [5.74, 6) is 5.05. The lowest BCUT2D eigenvalue weighted by Gasteiger charge is -2.07. The second-order valence-corrected chi connectivity index (χ2v) is 3.16. The summed E-state index contributed by atoms with van der Waals surface area (Å²) in [5, 5.41) is 8.26. The maximum atomic E-state index is 12.4. The van der Waals surface area contributed by atoms with Crippen molar-refractivity contribution in [2.24, 2.45) is 0 Å². The van der Waals surface area contributed by atoms with Gasteiger partial charge in [0.15, 0.2) is 0 Å². The van der Waals surface area contributed by atoms with E-state index in [-0.39, 0.29) is 6.42 Å². The van der Waals surface area contributed by atoms with Crippen LogP contribution in [0.3, 0.4) is 0 Å². The maximum absolute atomic E-state index is 12.4. The number of aryl methyl sites for hydroxylation is 1. The topological polar surface area (TPSA) is 23.8 Å². The van der Waals surface area contributed by atoms with Crippen LogP contribution in [0.1, 0.15) is 23.1 Å². The highest BCUT2D eigenvalue weighted by Gasteiger charge is 2.30. The molecule has 0 atom stereocenters. The molecule has 0 aliphatic rings. The molecule has 0 N–H and O–H groups in total. The first-order valence-corrected chi connectivity index (χ1v) is 4.49. The number of benzene rings is 1. The predicted molar refractivity (Wildman–Crippen MR) is 53.3 cm³/mol. The van der Waals surface area contributed by atoms with Crippen molar-refractivity contribution in [2.45, 2.75) is 19.5 Å². The van der Waals surface area contributed by atoms with Crippen molar-refractivity contribution in [3.8, 4) is 17.9 Å². The molecule has 0 aliphatic carbocycles. The van der Waals surface area contributed by atoms with Crippen LogP contribution in [0.4, 0.5) is 13.2 Å². The average molecular weight is 223 g/mol. The van der Waals surface area contributed by atoms with Gasteiger partial charge in [0.05, 0.1) is 18.1 Å².